The number of ether oxygens (including phenoxy) is 5. The van der Waals surface area contributed by atoms with Gasteiger partial charge >= 0.3 is 47.3 Å². The van der Waals surface area contributed by atoms with Gasteiger partial charge in [-0.1, -0.05) is 45.9 Å². The Bertz CT molecular complexity index is 2140. The number of phenols is 2. The number of carboxylic acids is 1. The fourth-order valence-corrected chi connectivity index (χ4v) is 7.75. The van der Waals surface area contributed by atoms with Gasteiger partial charge in [-0.05, 0) is 32.8 Å². The van der Waals surface area contributed by atoms with Gasteiger partial charge in [-0.2, -0.15) is 0 Å². The van der Waals surface area contributed by atoms with Gasteiger partial charge in [0.05, 0.1) is 41.2 Å². The number of rotatable bonds is 10. The van der Waals surface area contributed by atoms with Crippen LogP contribution in [-0.2, 0) is 33.4 Å². The van der Waals surface area contributed by atoms with Crippen molar-refractivity contribution in [3.05, 3.63) is 53.3 Å². The standard InChI is InChI=1S/C45H60N2O15.Na/c1-22-14-13-15-23(2)44(57)46-29-20-31(59-21-32(49)47(9)18-12-11-16-33(50)51)34-35(40(29)55)39(54)27(6)42-36(34)43(56)45(8,62-42)60-19-17-30(58-10)24(3)41(61-28(7)48)26(5)38(53)25(4)37(22)52;/h13-15,17,19-20,22,24-26,30,37-38,41,52-55H,11-12,16,18,21H2,1-10H3,(H,46,57)(H,50,51);/q;+1/b14-13+,19-17+,23-15+;. The number of carboxylic acid groups (broad SMARTS) is 1. The summed E-state index contributed by atoms with van der Waals surface area (Å²) in [5.74, 6) is -9.56. The zero-order chi connectivity index (χ0) is 46.4. The van der Waals surface area contributed by atoms with Crippen molar-refractivity contribution in [2.45, 2.75) is 105 Å². The maximum absolute atomic E-state index is 14.5. The van der Waals surface area contributed by atoms with E-state index < -0.39 is 102 Å². The number of ketones is 1. The Balaban J connectivity index is 0.0000106. The number of anilines is 1. The second-order valence-electron chi connectivity index (χ2n) is 16.4. The van der Waals surface area contributed by atoms with Gasteiger partial charge in [0.25, 0.3) is 17.6 Å². The molecule has 5 bridgehead atoms. The molecule has 3 heterocycles. The number of nitrogens with zero attached hydrogens (tertiary/aromatic N) is 1. The number of hydrogen-bond acceptors (Lipinski definition) is 14. The van der Waals surface area contributed by atoms with Gasteiger partial charge in [0.1, 0.15) is 23.4 Å². The summed E-state index contributed by atoms with van der Waals surface area (Å²) in [6, 6.07) is 1.21. The molecule has 18 heteroatoms. The zero-order valence-corrected chi connectivity index (χ0v) is 39.9. The summed E-state index contributed by atoms with van der Waals surface area (Å²) < 4.78 is 29.6. The van der Waals surface area contributed by atoms with Crippen molar-refractivity contribution in [3.8, 4) is 23.0 Å². The molecule has 6 N–H and O–H groups in total. The molecule has 0 aliphatic carbocycles. The number of allylic oxidation sites excluding steroid dienone is 2. The molecule has 0 spiro atoms. The number of hydrogen-bond donors (Lipinski definition) is 6. The minimum Gasteiger partial charge on any atom is -0.507 e. The van der Waals surface area contributed by atoms with Gasteiger partial charge < -0.3 is 59.4 Å². The number of fused-ring (bicyclic) bond motifs is 14. The molecule has 3 aliphatic heterocycles. The van der Waals surface area contributed by atoms with E-state index in [-0.39, 0.29) is 87.2 Å². The second-order valence-corrected chi connectivity index (χ2v) is 16.4. The number of esters is 1. The van der Waals surface area contributed by atoms with E-state index in [4.69, 9.17) is 28.8 Å². The Hall–Kier alpha value is -4.65. The number of aliphatic hydroxyl groups excluding tert-OH is 2. The smallest absolute Gasteiger partial charge is 0.507 e. The number of unbranched alkanes of at least 4 members (excludes halogenated alkanes) is 1. The maximum atomic E-state index is 14.5. The van der Waals surface area contributed by atoms with Crippen LogP contribution in [0.2, 0.25) is 0 Å². The number of nitrogens with one attached hydrogen (secondary N) is 1. The molecule has 0 saturated heterocycles. The first kappa shape index (κ1) is 52.7. The molecule has 2 aromatic carbocycles. The Morgan fingerprint density at radius 3 is 2.24 bits per heavy atom. The van der Waals surface area contributed by atoms with Crippen molar-refractivity contribution in [2.24, 2.45) is 23.7 Å². The summed E-state index contributed by atoms with van der Waals surface area (Å²) in [4.78, 5) is 66.0. The summed E-state index contributed by atoms with van der Waals surface area (Å²) in [7, 11) is 2.93. The fraction of sp³-hybridized carbons (Fsp3) is 0.533. The molecule has 0 fully saturated rings. The minimum atomic E-state index is -2.07. The molecule has 2 aromatic rings. The zero-order valence-electron chi connectivity index (χ0n) is 37.9. The topological polar surface area (TPSA) is 248 Å². The molecule has 5 rings (SSSR count). The predicted molar refractivity (Wildman–Crippen MR) is 227 cm³/mol. The third-order valence-corrected chi connectivity index (χ3v) is 11.7. The van der Waals surface area contributed by atoms with E-state index in [2.05, 4.69) is 5.32 Å². The molecule has 0 saturated carbocycles. The number of carbonyl (C=O) groups excluding carboxylic acids is 4. The Morgan fingerprint density at radius 1 is 0.952 bits per heavy atom. The van der Waals surface area contributed by atoms with Crippen molar-refractivity contribution in [3.63, 3.8) is 0 Å². The number of aliphatic carboxylic acids is 1. The number of carbonyl (C=O) groups is 5. The van der Waals surface area contributed by atoms with Gasteiger partial charge in [0.2, 0.25) is 0 Å². The van der Waals surface area contributed by atoms with Gasteiger partial charge in [-0.3, -0.25) is 24.0 Å². The number of aliphatic hydroxyl groups is 2. The van der Waals surface area contributed by atoms with Crippen LogP contribution in [0.3, 0.4) is 0 Å². The summed E-state index contributed by atoms with van der Waals surface area (Å²) >= 11 is 0. The molecule has 17 nitrogen and oxygen atoms in total. The van der Waals surface area contributed by atoms with Crippen LogP contribution in [0.15, 0.2) is 42.2 Å². The SMILES string of the molecule is COC1/C=C/OC2(C)Oc3c(C)c(O)c4c(O)c(cc(OCC(=O)N(C)CCCCC(=O)O)c4c3C2=O)NC(=O)/C(C)=C/C=C/C(C)C(O)C(C)C(O)C(C)C(OC(C)=O)C1C.[Na+]. The summed E-state index contributed by atoms with van der Waals surface area (Å²) in [6.07, 6.45) is 4.08. The van der Waals surface area contributed by atoms with Crippen LogP contribution in [0.4, 0.5) is 5.69 Å². The largest absolute Gasteiger partial charge is 1.00 e. The van der Waals surface area contributed by atoms with E-state index >= 15 is 0 Å². The molecule has 9 atom stereocenters. The van der Waals surface area contributed by atoms with Crippen LogP contribution >= 0.6 is 0 Å². The van der Waals surface area contributed by atoms with E-state index in [1.807, 2.05) is 0 Å². The number of methoxy groups -OCH3 is 1. The molecule has 2 amide bonds. The number of aromatic hydroxyl groups is 2. The van der Waals surface area contributed by atoms with Crippen molar-refractivity contribution in [2.75, 3.05) is 32.6 Å². The summed E-state index contributed by atoms with van der Waals surface area (Å²) in [5.41, 5.74) is -0.185. The predicted octanol–water partition coefficient (Wildman–Crippen LogP) is 2.14. The number of amides is 2. The van der Waals surface area contributed by atoms with Crippen LogP contribution < -0.4 is 44.3 Å². The third-order valence-electron chi connectivity index (χ3n) is 11.7. The van der Waals surface area contributed by atoms with Crippen LogP contribution in [0.5, 0.6) is 23.0 Å². The van der Waals surface area contributed by atoms with Gasteiger partial charge in [-0.25, -0.2) is 0 Å². The van der Waals surface area contributed by atoms with E-state index in [9.17, 15) is 44.4 Å². The quantitative estimate of drug-likeness (QED) is 0.0866. The Labute approximate surface area is 389 Å². The van der Waals surface area contributed by atoms with E-state index in [1.54, 1.807) is 39.8 Å². The van der Waals surface area contributed by atoms with Crippen LogP contribution in [-0.4, -0.2) is 117 Å². The molecule has 0 radical (unpaired) electrons. The molecule has 0 aromatic heterocycles. The van der Waals surface area contributed by atoms with E-state index in [1.165, 1.54) is 71.2 Å². The Morgan fingerprint density at radius 2 is 1.62 bits per heavy atom. The van der Waals surface area contributed by atoms with Crippen molar-refractivity contribution in [1.82, 2.24) is 4.90 Å². The molecular weight excluding hydrogens is 831 g/mol. The molecule has 3 aliphatic rings. The van der Waals surface area contributed by atoms with Gasteiger partial charge in [-0.15, -0.1) is 0 Å². The minimum absolute atomic E-state index is 0. The van der Waals surface area contributed by atoms with Crippen molar-refractivity contribution < 1.29 is 103 Å². The summed E-state index contributed by atoms with van der Waals surface area (Å²) in [6.45, 7) is 12.0. The monoisotopic (exact) mass is 891 g/mol. The maximum Gasteiger partial charge on any atom is 1.00 e. The molecule has 9 unspecified atom stereocenters. The average Bonchev–Trinajstić information content (AvgIpc) is 3.49. The molecule has 340 valence electrons. The molecule has 63 heavy (non-hydrogen) atoms. The first-order chi connectivity index (χ1) is 29.1. The third kappa shape index (κ3) is 11.9. The van der Waals surface area contributed by atoms with E-state index in [0.29, 0.717) is 12.8 Å². The first-order valence-corrected chi connectivity index (χ1v) is 20.5. The van der Waals surface area contributed by atoms with E-state index in [0.717, 1.165) is 0 Å². The normalized spacial score (nSPS) is 28.4. The number of phenolic OH excluding ortho intramolecular Hbond substituents is 2. The second kappa shape index (κ2) is 22.3. The molecular formula is C45H60N2NaO15+. The van der Waals surface area contributed by atoms with Crippen LogP contribution in [0.1, 0.15) is 83.7 Å². The average molecular weight is 892 g/mol. The number of Topliss-reactive ketones (excluding diaryl/α,β-unsaturated/α-hetero) is 1. The summed E-state index contributed by atoms with van der Waals surface area (Å²) in [5, 5.41) is 57.3. The van der Waals surface area contributed by atoms with Crippen molar-refractivity contribution in [1.29, 1.82) is 0 Å². The number of benzene rings is 2. The van der Waals surface area contributed by atoms with Crippen LogP contribution in [0.25, 0.3) is 10.8 Å². The van der Waals surface area contributed by atoms with Gasteiger partial charge in [0, 0.05) is 87.2 Å². The Kier molecular flexibility index (Phi) is 18.7. The fourth-order valence-electron chi connectivity index (χ4n) is 7.75. The number of likely N-dealkylation sites (N-methyl/N-ethyl adjacent to an activating group) is 1. The van der Waals surface area contributed by atoms with Crippen LogP contribution in [0, 0.1) is 30.6 Å². The van der Waals surface area contributed by atoms with Crippen molar-refractivity contribution >= 4 is 46.0 Å². The first-order valence-electron chi connectivity index (χ1n) is 20.5. The van der Waals surface area contributed by atoms with Gasteiger partial charge in [0.15, 0.2) is 12.4 Å².